The van der Waals surface area contributed by atoms with Crippen LogP contribution in [0, 0.1) is 0 Å². The molecule has 0 aliphatic heterocycles. The monoisotopic (exact) mass is 220 g/mol. The maximum absolute atomic E-state index is 11.3. The molecule has 86 valence electrons. The van der Waals surface area contributed by atoms with Gasteiger partial charge in [-0.25, -0.2) is 4.79 Å². The molecule has 4 heteroatoms. The Balaban J connectivity index is 2.54. The molecule has 2 N–H and O–H groups in total. The van der Waals surface area contributed by atoms with E-state index in [1.54, 1.807) is 31.2 Å². The summed E-state index contributed by atoms with van der Waals surface area (Å²) in [5, 5.41) is 5.23. The van der Waals surface area contributed by atoms with Crippen molar-refractivity contribution in [2.75, 3.05) is 11.9 Å². The smallest absolute Gasteiger partial charge is 0.323 e. The average molecular weight is 220 g/mol. The number of allylic oxidation sites excluding steroid dienone is 1. The molecule has 0 unspecified atom stereocenters. The summed E-state index contributed by atoms with van der Waals surface area (Å²) in [4.78, 5) is 11.3. The van der Waals surface area contributed by atoms with Crippen molar-refractivity contribution in [3.63, 3.8) is 0 Å². The van der Waals surface area contributed by atoms with Crippen LogP contribution < -0.4 is 15.4 Å². The van der Waals surface area contributed by atoms with Gasteiger partial charge in [-0.05, 0) is 38.1 Å². The molecule has 0 spiro atoms. The van der Waals surface area contributed by atoms with Gasteiger partial charge in [0.25, 0.3) is 0 Å². The number of urea groups is 1. The van der Waals surface area contributed by atoms with Crippen molar-refractivity contribution >= 4 is 11.7 Å². The average Bonchev–Trinajstić information content (AvgIpc) is 2.20. The van der Waals surface area contributed by atoms with Crippen LogP contribution in [0.15, 0.2) is 36.5 Å². The zero-order valence-electron chi connectivity index (χ0n) is 9.54. The molecule has 0 bridgehead atoms. The van der Waals surface area contributed by atoms with Crippen molar-refractivity contribution in [2.45, 2.75) is 13.8 Å². The van der Waals surface area contributed by atoms with Gasteiger partial charge >= 0.3 is 6.03 Å². The van der Waals surface area contributed by atoms with Crippen LogP contribution in [0.1, 0.15) is 13.8 Å². The van der Waals surface area contributed by atoms with Crippen LogP contribution in [0.25, 0.3) is 0 Å². The summed E-state index contributed by atoms with van der Waals surface area (Å²) in [7, 11) is 0. The lowest BCUT2D eigenvalue weighted by Gasteiger charge is -2.08. The molecule has 16 heavy (non-hydrogen) atoms. The Morgan fingerprint density at radius 1 is 1.38 bits per heavy atom. The van der Waals surface area contributed by atoms with Gasteiger partial charge in [-0.15, -0.1) is 0 Å². The molecule has 0 heterocycles. The van der Waals surface area contributed by atoms with Crippen molar-refractivity contribution < 1.29 is 9.53 Å². The maximum Gasteiger partial charge on any atom is 0.323 e. The lowest BCUT2D eigenvalue weighted by Crippen LogP contribution is -2.26. The molecule has 0 fully saturated rings. The first kappa shape index (κ1) is 12.1. The molecule has 4 nitrogen and oxygen atoms in total. The van der Waals surface area contributed by atoms with Crippen LogP contribution in [-0.2, 0) is 0 Å². The normalized spacial score (nSPS) is 9.38. The van der Waals surface area contributed by atoms with Crippen LogP contribution in [0.2, 0.25) is 0 Å². The van der Waals surface area contributed by atoms with Crippen molar-refractivity contribution in [3.05, 3.63) is 36.5 Å². The van der Waals surface area contributed by atoms with Crippen LogP contribution in [0.4, 0.5) is 10.5 Å². The third-order valence-electron chi connectivity index (χ3n) is 1.75. The van der Waals surface area contributed by atoms with E-state index in [9.17, 15) is 4.79 Å². The predicted octanol–water partition coefficient (Wildman–Crippen LogP) is 2.74. The van der Waals surface area contributed by atoms with Gasteiger partial charge in [0.2, 0.25) is 0 Å². The van der Waals surface area contributed by atoms with Crippen molar-refractivity contribution in [2.24, 2.45) is 0 Å². The van der Waals surface area contributed by atoms with Crippen LogP contribution in [0.3, 0.4) is 0 Å². The van der Waals surface area contributed by atoms with Gasteiger partial charge < -0.3 is 15.4 Å². The summed E-state index contributed by atoms with van der Waals surface area (Å²) in [5.41, 5.74) is 1.31. The Morgan fingerprint density at radius 3 is 2.50 bits per heavy atom. The minimum Gasteiger partial charge on any atom is -0.494 e. The van der Waals surface area contributed by atoms with Crippen LogP contribution >= 0.6 is 0 Å². The molecule has 0 aliphatic rings. The third-order valence-corrected chi connectivity index (χ3v) is 1.75. The summed E-state index contributed by atoms with van der Waals surface area (Å²) in [6.07, 6.45) is 0. The highest BCUT2D eigenvalue weighted by Crippen LogP contribution is 2.15. The summed E-state index contributed by atoms with van der Waals surface area (Å²) >= 11 is 0. The Hall–Kier alpha value is -1.97. The molecule has 0 atom stereocenters. The van der Waals surface area contributed by atoms with E-state index in [2.05, 4.69) is 17.2 Å². The van der Waals surface area contributed by atoms with Gasteiger partial charge in [-0.2, -0.15) is 0 Å². The van der Waals surface area contributed by atoms with E-state index in [1.165, 1.54) is 0 Å². The topological polar surface area (TPSA) is 50.4 Å². The highest BCUT2D eigenvalue weighted by atomic mass is 16.5. The standard InChI is InChI=1S/C12H16N2O2/c1-4-16-11-7-5-10(6-8-11)14-12(15)13-9(2)3/h5-8H,2,4H2,1,3H3,(H2,13,14,15). The number of carbonyl (C=O) groups is 1. The molecular formula is C12H16N2O2. The fourth-order valence-electron chi connectivity index (χ4n) is 1.16. The van der Waals surface area contributed by atoms with E-state index in [0.717, 1.165) is 5.75 Å². The van der Waals surface area contributed by atoms with E-state index < -0.39 is 0 Å². The Kier molecular flexibility index (Phi) is 4.39. The van der Waals surface area contributed by atoms with E-state index in [0.29, 0.717) is 18.0 Å². The molecule has 0 radical (unpaired) electrons. The van der Waals surface area contributed by atoms with Gasteiger partial charge in [0.1, 0.15) is 5.75 Å². The largest absolute Gasteiger partial charge is 0.494 e. The molecule has 0 aliphatic carbocycles. The quantitative estimate of drug-likeness (QED) is 0.819. The minimum absolute atomic E-state index is 0.295. The molecular weight excluding hydrogens is 204 g/mol. The zero-order valence-corrected chi connectivity index (χ0v) is 9.54. The number of hydrogen-bond acceptors (Lipinski definition) is 2. The number of anilines is 1. The number of rotatable bonds is 4. The highest BCUT2D eigenvalue weighted by Gasteiger charge is 2.00. The summed E-state index contributed by atoms with van der Waals surface area (Å²) < 4.78 is 5.29. The first-order valence-corrected chi connectivity index (χ1v) is 5.08. The third kappa shape index (κ3) is 4.04. The van der Waals surface area contributed by atoms with Crippen molar-refractivity contribution in [1.29, 1.82) is 0 Å². The van der Waals surface area contributed by atoms with Gasteiger partial charge in [-0.3, -0.25) is 0 Å². The molecule has 0 aromatic heterocycles. The van der Waals surface area contributed by atoms with E-state index in [-0.39, 0.29) is 6.03 Å². The minimum atomic E-state index is -0.295. The number of amides is 2. The second kappa shape index (κ2) is 5.80. The molecule has 0 saturated carbocycles. The first-order chi connectivity index (χ1) is 7.61. The Morgan fingerprint density at radius 2 is 2.00 bits per heavy atom. The predicted molar refractivity (Wildman–Crippen MR) is 64.6 cm³/mol. The molecule has 1 rings (SSSR count). The van der Waals surface area contributed by atoms with E-state index >= 15 is 0 Å². The summed E-state index contributed by atoms with van der Waals surface area (Å²) in [6.45, 7) is 7.85. The number of hydrogen-bond donors (Lipinski definition) is 2. The molecule has 0 saturated heterocycles. The second-order valence-electron chi connectivity index (χ2n) is 3.32. The number of ether oxygens (including phenoxy) is 1. The van der Waals surface area contributed by atoms with Gasteiger partial charge in [-0.1, -0.05) is 6.58 Å². The lowest BCUT2D eigenvalue weighted by molar-refractivity contribution is 0.254. The first-order valence-electron chi connectivity index (χ1n) is 5.08. The van der Waals surface area contributed by atoms with E-state index in [1.807, 2.05) is 6.92 Å². The molecule has 1 aromatic carbocycles. The van der Waals surface area contributed by atoms with Crippen LogP contribution in [0.5, 0.6) is 5.75 Å². The lowest BCUT2D eigenvalue weighted by atomic mass is 10.3. The van der Waals surface area contributed by atoms with Crippen molar-refractivity contribution in [3.8, 4) is 5.75 Å². The Bertz CT molecular complexity index is 371. The van der Waals surface area contributed by atoms with Crippen molar-refractivity contribution in [1.82, 2.24) is 5.32 Å². The summed E-state index contributed by atoms with van der Waals surface area (Å²) in [6, 6.07) is 6.88. The van der Waals surface area contributed by atoms with Crippen LogP contribution in [-0.4, -0.2) is 12.6 Å². The van der Waals surface area contributed by atoms with Gasteiger partial charge in [0, 0.05) is 11.4 Å². The van der Waals surface area contributed by atoms with Gasteiger partial charge in [0.05, 0.1) is 6.61 Å². The highest BCUT2D eigenvalue weighted by molar-refractivity contribution is 5.90. The number of carbonyl (C=O) groups excluding carboxylic acids is 1. The Labute approximate surface area is 95.3 Å². The SMILES string of the molecule is C=C(C)NC(=O)Nc1ccc(OCC)cc1. The van der Waals surface area contributed by atoms with Gasteiger partial charge in [0.15, 0.2) is 0 Å². The van der Waals surface area contributed by atoms with E-state index in [4.69, 9.17) is 4.74 Å². The molecule has 2 amide bonds. The maximum atomic E-state index is 11.3. The second-order valence-corrected chi connectivity index (χ2v) is 3.32. The fourth-order valence-corrected chi connectivity index (χ4v) is 1.16. The molecule has 1 aromatic rings. The fraction of sp³-hybridized carbons (Fsp3) is 0.250. The zero-order chi connectivity index (χ0) is 12.0. The number of benzene rings is 1. The number of nitrogens with one attached hydrogen (secondary N) is 2. The summed E-state index contributed by atoms with van der Waals surface area (Å²) in [5.74, 6) is 0.786.